The molecule has 0 rings (SSSR count). The summed E-state index contributed by atoms with van der Waals surface area (Å²) < 4.78 is 5.48. The summed E-state index contributed by atoms with van der Waals surface area (Å²) in [5, 5.41) is 23.3. The lowest BCUT2D eigenvalue weighted by atomic mass is 10.0. The zero-order chi connectivity index (χ0) is 50.0. The fraction of sp³-hybridized carbons (Fsp3) is 0.968. The van der Waals surface area contributed by atoms with Gasteiger partial charge in [0.15, 0.2) is 0 Å². The van der Waals surface area contributed by atoms with Gasteiger partial charge in [-0.2, -0.15) is 0 Å². The van der Waals surface area contributed by atoms with E-state index in [4.69, 9.17) is 4.74 Å². The van der Waals surface area contributed by atoms with E-state index in [1.54, 1.807) is 0 Å². The lowest BCUT2D eigenvalue weighted by Gasteiger charge is -2.22. The molecular weight excluding hydrogens is 851 g/mol. The number of carbonyl (C=O) groups is 2. The molecule has 0 aromatic heterocycles. The van der Waals surface area contributed by atoms with Crippen LogP contribution in [-0.2, 0) is 14.3 Å². The molecule has 0 saturated heterocycles. The minimum Gasteiger partial charge on any atom is -0.466 e. The van der Waals surface area contributed by atoms with Gasteiger partial charge >= 0.3 is 5.97 Å². The number of nitrogens with one attached hydrogen (secondary N) is 1. The van der Waals surface area contributed by atoms with Crippen LogP contribution in [0.4, 0.5) is 0 Å². The van der Waals surface area contributed by atoms with Crippen LogP contribution in [0, 0.1) is 0 Å². The minimum absolute atomic E-state index is 0.0180. The molecule has 0 saturated carbocycles. The Morgan fingerprint density at radius 1 is 0.348 bits per heavy atom. The largest absolute Gasteiger partial charge is 0.466 e. The third-order valence-electron chi connectivity index (χ3n) is 15.2. The Morgan fingerprint density at radius 3 is 0.884 bits per heavy atom. The summed E-state index contributed by atoms with van der Waals surface area (Å²) in [6.45, 7) is 4.98. The van der Waals surface area contributed by atoms with Crippen LogP contribution in [-0.4, -0.2) is 47.4 Å². The smallest absolute Gasteiger partial charge is 0.305 e. The average molecular weight is 977 g/mol. The van der Waals surface area contributed by atoms with Crippen molar-refractivity contribution in [2.45, 2.75) is 379 Å². The molecule has 0 aliphatic rings. The molecule has 3 N–H and O–H groups in total. The number of amides is 1. The van der Waals surface area contributed by atoms with E-state index in [2.05, 4.69) is 19.2 Å². The Bertz CT molecular complexity index is 990. The maximum Gasteiger partial charge on any atom is 0.305 e. The Morgan fingerprint density at radius 2 is 0.594 bits per heavy atom. The van der Waals surface area contributed by atoms with Crippen LogP contribution in [0.1, 0.15) is 367 Å². The van der Waals surface area contributed by atoms with Gasteiger partial charge in [-0.05, 0) is 25.7 Å². The van der Waals surface area contributed by atoms with Crippen molar-refractivity contribution < 1.29 is 24.5 Å². The fourth-order valence-electron chi connectivity index (χ4n) is 10.3. The molecule has 0 bridgehead atoms. The van der Waals surface area contributed by atoms with Crippen LogP contribution in [0.25, 0.3) is 0 Å². The number of ether oxygens (including phenoxy) is 1. The molecular formula is C63H125NO5. The zero-order valence-corrected chi connectivity index (χ0v) is 47.1. The van der Waals surface area contributed by atoms with E-state index in [9.17, 15) is 19.8 Å². The fourth-order valence-corrected chi connectivity index (χ4v) is 10.3. The molecule has 0 aliphatic heterocycles. The first kappa shape index (κ1) is 67.9. The van der Waals surface area contributed by atoms with E-state index < -0.39 is 12.1 Å². The maximum absolute atomic E-state index is 12.5. The summed E-state index contributed by atoms with van der Waals surface area (Å²) in [6, 6.07) is -0.538. The van der Waals surface area contributed by atoms with Crippen molar-refractivity contribution in [1.82, 2.24) is 5.32 Å². The van der Waals surface area contributed by atoms with E-state index in [1.807, 2.05) is 0 Å². The summed E-state index contributed by atoms with van der Waals surface area (Å²) in [5.74, 6) is -0.0120. The predicted octanol–water partition coefficient (Wildman–Crippen LogP) is 19.9. The zero-order valence-electron chi connectivity index (χ0n) is 47.1. The number of hydrogen-bond acceptors (Lipinski definition) is 5. The van der Waals surface area contributed by atoms with Crippen molar-refractivity contribution in [2.24, 2.45) is 0 Å². The number of aliphatic hydroxyl groups excluding tert-OH is 2. The molecule has 0 aromatic rings. The van der Waals surface area contributed by atoms with Crippen LogP contribution in [0.3, 0.4) is 0 Å². The quantitative estimate of drug-likeness (QED) is 0.0417. The number of carbonyl (C=O) groups excluding carboxylic acids is 2. The van der Waals surface area contributed by atoms with E-state index in [0.717, 1.165) is 38.5 Å². The topological polar surface area (TPSA) is 95.9 Å². The molecule has 0 radical (unpaired) electrons. The van der Waals surface area contributed by atoms with Gasteiger partial charge in [0.05, 0.1) is 25.4 Å². The molecule has 412 valence electrons. The van der Waals surface area contributed by atoms with Gasteiger partial charge in [-0.1, -0.05) is 328 Å². The normalized spacial score (nSPS) is 12.5. The number of unbranched alkanes of at least 4 members (excludes halogenated alkanes) is 49. The average Bonchev–Trinajstić information content (AvgIpc) is 3.35. The molecule has 0 aliphatic carbocycles. The number of esters is 1. The maximum atomic E-state index is 12.5. The highest BCUT2D eigenvalue weighted by atomic mass is 16.5. The van der Waals surface area contributed by atoms with Gasteiger partial charge in [0.25, 0.3) is 0 Å². The van der Waals surface area contributed by atoms with Gasteiger partial charge in [-0.3, -0.25) is 9.59 Å². The van der Waals surface area contributed by atoms with Gasteiger partial charge in [-0.15, -0.1) is 0 Å². The van der Waals surface area contributed by atoms with Gasteiger partial charge in [0, 0.05) is 12.8 Å². The third kappa shape index (κ3) is 56.0. The number of aliphatic hydroxyl groups is 2. The highest BCUT2D eigenvalue weighted by Gasteiger charge is 2.20. The van der Waals surface area contributed by atoms with Gasteiger partial charge in [0.2, 0.25) is 5.91 Å². The van der Waals surface area contributed by atoms with Crippen LogP contribution >= 0.6 is 0 Å². The molecule has 6 nitrogen and oxygen atoms in total. The molecule has 0 heterocycles. The van der Waals surface area contributed by atoms with Crippen molar-refractivity contribution >= 4 is 11.9 Å². The van der Waals surface area contributed by atoms with Crippen molar-refractivity contribution in [1.29, 1.82) is 0 Å². The lowest BCUT2D eigenvalue weighted by Crippen LogP contribution is -2.45. The van der Waals surface area contributed by atoms with Crippen molar-refractivity contribution in [3.05, 3.63) is 0 Å². The highest BCUT2D eigenvalue weighted by molar-refractivity contribution is 5.76. The van der Waals surface area contributed by atoms with Crippen LogP contribution in [0.15, 0.2) is 0 Å². The van der Waals surface area contributed by atoms with Gasteiger partial charge < -0.3 is 20.3 Å². The standard InChI is InChI=1S/C63H125NO5/c1-3-5-7-9-11-13-15-17-29-32-35-39-43-47-51-55-61(66)60(59-65)64-62(67)56-52-48-44-40-36-33-30-27-25-23-21-19-18-20-22-24-26-28-31-34-38-42-46-50-54-58-69-63(68)57-53-49-45-41-37-16-14-12-10-8-6-4-2/h60-61,65-66H,3-59H2,1-2H3,(H,64,67). The monoisotopic (exact) mass is 976 g/mol. The van der Waals surface area contributed by atoms with E-state index in [-0.39, 0.29) is 18.5 Å². The van der Waals surface area contributed by atoms with Crippen LogP contribution in [0.2, 0.25) is 0 Å². The molecule has 2 atom stereocenters. The predicted molar refractivity (Wildman–Crippen MR) is 301 cm³/mol. The second-order valence-corrected chi connectivity index (χ2v) is 22.1. The highest BCUT2D eigenvalue weighted by Crippen LogP contribution is 2.19. The Labute approximate surface area is 432 Å². The summed E-state index contributed by atoms with van der Waals surface area (Å²) in [4.78, 5) is 24.5. The summed E-state index contributed by atoms with van der Waals surface area (Å²) >= 11 is 0. The molecule has 69 heavy (non-hydrogen) atoms. The SMILES string of the molecule is CCCCCCCCCCCCCCCCCC(O)C(CO)NC(=O)CCCCCCCCCCCCCCCCCCCCCCCCCCCOC(=O)CCCCCCCCCCCCCC. The van der Waals surface area contributed by atoms with E-state index >= 15 is 0 Å². The van der Waals surface area contributed by atoms with E-state index in [0.29, 0.717) is 25.9 Å². The van der Waals surface area contributed by atoms with Gasteiger partial charge in [0.1, 0.15) is 0 Å². The van der Waals surface area contributed by atoms with Crippen molar-refractivity contribution in [2.75, 3.05) is 13.2 Å². The van der Waals surface area contributed by atoms with Crippen molar-refractivity contribution in [3.63, 3.8) is 0 Å². The second-order valence-electron chi connectivity index (χ2n) is 22.1. The number of rotatable bonds is 60. The van der Waals surface area contributed by atoms with Gasteiger partial charge in [-0.25, -0.2) is 0 Å². The first-order chi connectivity index (χ1) is 34.0. The minimum atomic E-state index is -0.661. The Hall–Kier alpha value is -1.14. The molecule has 6 heteroatoms. The summed E-state index contributed by atoms with van der Waals surface area (Å²) in [5.41, 5.74) is 0. The van der Waals surface area contributed by atoms with E-state index in [1.165, 1.54) is 295 Å². The molecule has 0 fully saturated rings. The third-order valence-corrected chi connectivity index (χ3v) is 15.2. The first-order valence-electron chi connectivity index (χ1n) is 31.8. The first-order valence-corrected chi connectivity index (χ1v) is 31.8. The Kier molecular flexibility index (Phi) is 58.4. The second kappa shape index (κ2) is 59.4. The molecule has 0 aromatic carbocycles. The van der Waals surface area contributed by atoms with Crippen LogP contribution < -0.4 is 5.32 Å². The molecule has 1 amide bonds. The summed E-state index contributed by atoms with van der Waals surface area (Å²) in [7, 11) is 0. The van der Waals surface area contributed by atoms with Crippen LogP contribution in [0.5, 0.6) is 0 Å². The lowest BCUT2D eigenvalue weighted by molar-refractivity contribution is -0.143. The molecule has 2 unspecified atom stereocenters. The van der Waals surface area contributed by atoms with Crippen molar-refractivity contribution in [3.8, 4) is 0 Å². The number of hydrogen-bond donors (Lipinski definition) is 3. The molecule has 0 spiro atoms. The summed E-state index contributed by atoms with van der Waals surface area (Å²) in [6.07, 6.45) is 69.8. The Balaban J connectivity index is 3.34.